The molecule has 0 amide bonds. The molecule has 2 nitrogen and oxygen atoms in total. The predicted octanol–water partition coefficient (Wildman–Crippen LogP) is 14.7. The van der Waals surface area contributed by atoms with E-state index in [1.807, 2.05) is 11.3 Å². The maximum absolute atomic E-state index is 2.43. The number of benzene rings is 8. The lowest BCUT2D eigenvalue weighted by Crippen LogP contribution is -2.17. The van der Waals surface area contributed by atoms with Crippen molar-refractivity contribution in [3.05, 3.63) is 211 Å². The lowest BCUT2D eigenvalue weighted by Gasteiger charge is -2.29. The number of fused-ring (bicyclic) bond motifs is 8. The maximum Gasteiger partial charge on any atom is 0.0547 e. The van der Waals surface area contributed by atoms with Crippen molar-refractivity contribution in [2.24, 2.45) is 0 Å². The molecule has 2 aromatic heterocycles. The first-order valence-corrected chi connectivity index (χ1v) is 19.9. The number of hydrogen-bond acceptors (Lipinski definition) is 2. The molecule has 1 aliphatic carbocycles. The summed E-state index contributed by atoms with van der Waals surface area (Å²) in [5.41, 5.74) is 10.9. The quantitative estimate of drug-likeness (QED) is 0.166. The highest BCUT2D eigenvalue weighted by Gasteiger charge is 2.21. The van der Waals surface area contributed by atoms with Crippen molar-refractivity contribution < 1.29 is 0 Å². The van der Waals surface area contributed by atoms with E-state index in [1.54, 1.807) is 0 Å². The van der Waals surface area contributed by atoms with E-state index in [9.17, 15) is 0 Å². The molecule has 0 N–H and O–H groups in total. The van der Waals surface area contributed by atoms with Crippen molar-refractivity contribution in [1.82, 2.24) is 4.57 Å². The zero-order valence-corrected chi connectivity index (χ0v) is 31.0. The van der Waals surface area contributed by atoms with Crippen LogP contribution in [0.15, 0.2) is 206 Å². The van der Waals surface area contributed by atoms with Crippen molar-refractivity contribution in [3.63, 3.8) is 0 Å². The van der Waals surface area contributed by atoms with Gasteiger partial charge in [-0.1, -0.05) is 133 Å². The summed E-state index contributed by atoms with van der Waals surface area (Å²) in [6.45, 7) is 0. The minimum Gasteiger partial charge on any atom is -0.311 e. The van der Waals surface area contributed by atoms with Crippen molar-refractivity contribution >= 4 is 75.5 Å². The van der Waals surface area contributed by atoms with Crippen LogP contribution in [0.4, 0.5) is 11.4 Å². The van der Waals surface area contributed by atoms with Gasteiger partial charge in [-0.05, 0) is 101 Å². The fraction of sp³-hybridized carbons (Fsp3) is 0.0385. The third kappa shape index (κ3) is 5.31. The number of thiophene rings is 1. The predicted molar refractivity (Wildman–Crippen MR) is 236 cm³/mol. The summed E-state index contributed by atoms with van der Waals surface area (Å²) in [6, 6.07) is 66.6. The SMILES string of the molecule is C1=CC(c2ccccc2)CC=C1N(c1ccc(-n2c3ccccc3c3c4ccccc4ccc32)cc1)c1cccc(-c2cccc3sc4ccccc4c23)c1. The molecule has 0 saturated carbocycles. The van der Waals surface area contributed by atoms with E-state index in [0.29, 0.717) is 5.92 Å². The molecule has 260 valence electrons. The number of para-hydroxylation sites is 1. The van der Waals surface area contributed by atoms with Gasteiger partial charge in [-0.25, -0.2) is 0 Å². The van der Waals surface area contributed by atoms with Crippen LogP contribution in [0.2, 0.25) is 0 Å². The number of anilines is 2. The average Bonchev–Trinajstić information content (AvgIpc) is 3.81. The van der Waals surface area contributed by atoms with E-state index in [0.717, 1.165) is 23.5 Å². The molecule has 0 fully saturated rings. The number of rotatable bonds is 6. The summed E-state index contributed by atoms with van der Waals surface area (Å²) >= 11 is 1.87. The van der Waals surface area contributed by atoms with Gasteiger partial charge >= 0.3 is 0 Å². The molecule has 1 atom stereocenters. The van der Waals surface area contributed by atoms with E-state index >= 15 is 0 Å². The topological polar surface area (TPSA) is 8.17 Å². The fourth-order valence-electron chi connectivity index (χ4n) is 8.77. The zero-order chi connectivity index (χ0) is 36.3. The molecular formula is C52H36N2S. The Labute approximate surface area is 324 Å². The highest BCUT2D eigenvalue weighted by Crippen LogP contribution is 2.43. The molecule has 1 unspecified atom stereocenters. The molecular weight excluding hydrogens is 685 g/mol. The number of hydrogen-bond donors (Lipinski definition) is 0. The van der Waals surface area contributed by atoms with Crippen molar-refractivity contribution in [2.45, 2.75) is 12.3 Å². The summed E-state index contributed by atoms with van der Waals surface area (Å²) in [7, 11) is 0. The number of nitrogens with zero attached hydrogens (tertiary/aromatic N) is 2. The maximum atomic E-state index is 2.43. The van der Waals surface area contributed by atoms with Gasteiger partial charge in [0.25, 0.3) is 0 Å². The second-order valence-electron chi connectivity index (χ2n) is 14.5. The van der Waals surface area contributed by atoms with Gasteiger partial charge in [-0.15, -0.1) is 11.3 Å². The molecule has 11 rings (SSSR count). The molecule has 0 spiro atoms. The van der Waals surface area contributed by atoms with Crippen LogP contribution in [0.5, 0.6) is 0 Å². The normalized spacial score (nSPS) is 14.3. The molecule has 1 aliphatic rings. The minimum absolute atomic E-state index is 0.358. The van der Waals surface area contributed by atoms with Crippen molar-refractivity contribution in [2.75, 3.05) is 4.90 Å². The summed E-state index contributed by atoms with van der Waals surface area (Å²) in [4.78, 5) is 2.43. The molecule has 0 bridgehead atoms. The van der Waals surface area contributed by atoms with Crippen LogP contribution < -0.4 is 4.90 Å². The first-order valence-electron chi connectivity index (χ1n) is 19.0. The van der Waals surface area contributed by atoms with Gasteiger partial charge in [0.15, 0.2) is 0 Å². The summed E-state index contributed by atoms with van der Waals surface area (Å²) in [5.74, 6) is 0.358. The average molecular weight is 721 g/mol. The molecule has 55 heavy (non-hydrogen) atoms. The Morgan fingerprint density at radius 1 is 0.527 bits per heavy atom. The minimum atomic E-state index is 0.358. The summed E-state index contributed by atoms with van der Waals surface area (Å²) < 4.78 is 5.06. The molecule has 0 radical (unpaired) electrons. The lowest BCUT2D eigenvalue weighted by atomic mass is 9.91. The van der Waals surface area contributed by atoms with Crippen molar-refractivity contribution in [3.8, 4) is 16.8 Å². The van der Waals surface area contributed by atoms with Crippen LogP contribution in [-0.4, -0.2) is 4.57 Å². The standard InChI is InChI=1S/C52H36N2S/c1-2-12-35(13-3-1)36-24-27-39(28-25-36)53(42-16-10-15-38(34-42)44-20-11-23-50-52(44)46-19-7-9-22-49(46)55-50)40-29-31-41(32-30-40)54-47-21-8-6-18-45(47)51-43-17-5-4-14-37(43)26-33-48(51)54/h1-24,26-34,36H,25H2. The van der Waals surface area contributed by atoms with Gasteiger partial charge in [-0.2, -0.15) is 0 Å². The van der Waals surface area contributed by atoms with Gasteiger partial charge in [0.1, 0.15) is 0 Å². The molecule has 2 heterocycles. The first kappa shape index (κ1) is 31.8. The lowest BCUT2D eigenvalue weighted by molar-refractivity contribution is 0.840. The Bertz CT molecular complexity index is 3130. The van der Waals surface area contributed by atoms with E-state index in [2.05, 4.69) is 210 Å². The van der Waals surface area contributed by atoms with E-state index < -0.39 is 0 Å². The molecule has 10 aromatic rings. The van der Waals surface area contributed by atoms with E-state index in [-0.39, 0.29) is 0 Å². The monoisotopic (exact) mass is 720 g/mol. The van der Waals surface area contributed by atoms with Crippen molar-refractivity contribution in [1.29, 1.82) is 0 Å². The van der Waals surface area contributed by atoms with Gasteiger partial charge in [0, 0.05) is 59.6 Å². The van der Waals surface area contributed by atoms with Crippen LogP contribution >= 0.6 is 11.3 Å². The molecule has 0 saturated heterocycles. The van der Waals surface area contributed by atoms with Crippen LogP contribution in [0.3, 0.4) is 0 Å². The van der Waals surface area contributed by atoms with Gasteiger partial charge < -0.3 is 9.47 Å². The number of aromatic nitrogens is 1. The summed E-state index contributed by atoms with van der Waals surface area (Å²) in [5, 5.41) is 7.77. The Balaban J connectivity index is 1.05. The van der Waals surface area contributed by atoms with Crippen LogP contribution in [0.1, 0.15) is 17.9 Å². The highest BCUT2D eigenvalue weighted by atomic mass is 32.1. The molecule has 0 aliphatic heterocycles. The molecule has 8 aromatic carbocycles. The first-order chi connectivity index (χ1) is 27.3. The van der Waals surface area contributed by atoms with Gasteiger partial charge in [0.05, 0.1) is 11.0 Å². The van der Waals surface area contributed by atoms with E-state index in [1.165, 1.54) is 75.1 Å². The fourth-order valence-corrected chi connectivity index (χ4v) is 9.90. The largest absolute Gasteiger partial charge is 0.311 e. The smallest absolute Gasteiger partial charge is 0.0547 e. The second-order valence-corrected chi connectivity index (χ2v) is 15.5. The van der Waals surface area contributed by atoms with Gasteiger partial charge in [-0.3, -0.25) is 0 Å². The third-order valence-electron chi connectivity index (χ3n) is 11.3. The Hall–Kier alpha value is -6.68. The van der Waals surface area contributed by atoms with Crippen LogP contribution in [-0.2, 0) is 0 Å². The Morgan fingerprint density at radius 2 is 1.27 bits per heavy atom. The van der Waals surface area contributed by atoms with Gasteiger partial charge in [0.2, 0.25) is 0 Å². The number of allylic oxidation sites excluding steroid dienone is 3. The van der Waals surface area contributed by atoms with E-state index in [4.69, 9.17) is 0 Å². The highest BCUT2D eigenvalue weighted by molar-refractivity contribution is 7.25. The third-order valence-corrected chi connectivity index (χ3v) is 12.4. The van der Waals surface area contributed by atoms with Crippen LogP contribution in [0, 0.1) is 0 Å². The summed E-state index contributed by atoms with van der Waals surface area (Å²) in [6.07, 6.45) is 8.03. The van der Waals surface area contributed by atoms with Crippen LogP contribution in [0.25, 0.3) is 69.6 Å². The zero-order valence-electron chi connectivity index (χ0n) is 30.1. The second kappa shape index (κ2) is 13.0. The molecule has 3 heteroatoms. The Kier molecular flexibility index (Phi) is 7.53. The Morgan fingerprint density at radius 3 is 2.13 bits per heavy atom.